The Hall–Kier alpha value is -0.840. The van der Waals surface area contributed by atoms with Gasteiger partial charge in [0.25, 0.3) is 0 Å². The predicted molar refractivity (Wildman–Crippen MR) is 83.5 cm³/mol. The summed E-state index contributed by atoms with van der Waals surface area (Å²) >= 11 is 15.3. The van der Waals surface area contributed by atoms with Crippen LogP contribution in [0.5, 0.6) is 0 Å². The standard InChI is InChI=1S/C13H12BrCl2N3/c1-2-3-12-18-11(14)7-13(19-12)17-10-5-8(15)4-9(16)6-10/h4-7H,2-3H2,1H3,(H,17,18,19). The molecule has 0 aliphatic heterocycles. The van der Waals surface area contributed by atoms with Gasteiger partial charge in [-0.15, -0.1) is 0 Å². The summed E-state index contributed by atoms with van der Waals surface area (Å²) in [6, 6.07) is 7.09. The molecule has 1 aromatic heterocycles. The molecule has 0 spiro atoms. The van der Waals surface area contributed by atoms with E-state index < -0.39 is 0 Å². The van der Waals surface area contributed by atoms with Gasteiger partial charge in [0.15, 0.2) is 0 Å². The fourth-order valence-electron chi connectivity index (χ4n) is 1.64. The lowest BCUT2D eigenvalue weighted by atomic mass is 10.3. The van der Waals surface area contributed by atoms with Gasteiger partial charge in [0.1, 0.15) is 16.2 Å². The molecule has 1 heterocycles. The third-order valence-electron chi connectivity index (χ3n) is 2.35. The number of anilines is 2. The van der Waals surface area contributed by atoms with Gasteiger partial charge < -0.3 is 5.32 Å². The molecule has 0 aliphatic rings. The van der Waals surface area contributed by atoms with E-state index in [2.05, 4.69) is 38.1 Å². The van der Waals surface area contributed by atoms with Crippen LogP contribution in [0.15, 0.2) is 28.9 Å². The normalized spacial score (nSPS) is 10.5. The molecule has 0 aliphatic carbocycles. The molecule has 2 aromatic rings. The Morgan fingerprint density at radius 3 is 2.42 bits per heavy atom. The van der Waals surface area contributed by atoms with Crippen LogP contribution in [0, 0.1) is 0 Å². The fourth-order valence-corrected chi connectivity index (χ4v) is 2.59. The highest BCUT2D eigenvalue weighted by atomic mass is 79.9. The predicted octanol–water partition coefficient (Wildman–Crippen LogP) is 5.24. The van der Waals surface area contributed by atoms with Gasteiger partial charge in [0, 0.05) is 28.2 Å². The zero-order chi connectivity index (χ0) is 13.8. The van der Waals surface area contributed by atoms with E-state index in [4.69, 9.17) is 23.2 Å². The first-order valence-corrected chi connectivity index (χ1v) is 7.38. The number of rotatable bonds is 4. The van der Waals surface area contributed by atoms with E-state index in [0.717, 1.165) is 29.0 Å². The Balaban J connectivity index is 2.27. The van der Waals surface area contributed by atoms with Crippen LogP contribution >= 0.6 is 39.1 Å². The van der Waals surface area contributed by atoms with Crippen molar-refractivity contribution in [3.05, 3.63) is 44.7 Å². The van der Waals surface area contributed by atoms with Gasteiger partial charge in [0.2, 0.25) is 0 Å². The van der Waals surface area contributed by atoms with Crippen molar-refractivity contribution in [1.29, 1.82) is 0 Å². The second-order valence-electron chi connectivity index (χ2n) is 4.03. The number of aryl methyl sites for hydroxylation is 1. The molecule has 0 atom stereocenters. The van der Waals surface area contributed by atoms with Crippen molar-refractivity contribution in [2.45, 2.75) is 19.8 Å². The highest BCUT2D eigenvalue weighted by Crippen LogP contribution is 2.25. The summed E-state index contributed by atoms with van der Waals surface area (Å²) in [6.45, 7) is 2.09. The van der Waals surface area contributed by atoms with Crippen molar-refractivity contribution in [3.8, 4) is 0 Å². The lowest BCUT2D eigenvalue weighted by Gasteiger charge is -2.08. The van der Waals surface area contributed by atoms with Gasteiger partial charge in [-0.1, -0.05) is 30.1 Å². The molecule has 2 rings (SSSR count). The molecular weight excluding hydrogens is 349 g/mol. The highest BCUT2D eigenvalue weighted by Gasteiger charge is 2.04. The Bertz CT molecular complexity index is 570. The minimum atomic E-state index is 0.580. The van der Waals surface area contributed by atoms with Gasteiger partial charge in [0.05, 0.1) is 0 Å². The number of aromatic nitrogens is 2. The molecule has 0 saturated heterocycles. The van der Waals surface area contributed by atoms with E-state index >= 15 is 0 Å². The summed E-state index contributed by atoms with van der Waals surface area (Å²) < 4.78 is 0.751. The molecule has 0 bridgehead atoms. The third-order valence-corrected chi connectivity index (χ3v) is 3.19. The molecule has 100 valence electrons. The summed E-state index contributed by atoms with van der Waals surface area (Å²) in [6.07, 6.45) is 1.84. The van der Waals surface area contributed by atoms with Gasteiger partial charge in [-0.2, -0.15) is 0 Å². The molecule has 0 amide bonds. The largest absolute Gasteiger partial charge is 0.340 e. The van der Waals surface area contributed by atoms with Crippen LogP contribution in [-0.4, -0.2) is 9.97 Å². The number of nitrogens with zero attached hydrogens (tertiary/aromatic N) is 2. The van der Waals surface area contributed by atoms with Crippen LogP contribution in [0.25, 0.3) is 0 Å². The number of hydrogen-bond acceptors (Lipinski definition) is 3. The van der Waals surface area contributed by atoms with E-state index in [1.165, 1.54) is 0 Å². The maximum atomic E-state index is 5.96. The lowest BCUT2D eigenvalue weighted by molar-refractivity contribution is 0.831. The Kier molecular flexibility index (Phi) is 5.02. The second-order valence-corrected chi connectivity index (χ2v) is 5.71. The molecule has 0 unspecified atom stereocenters. The minimum absolute atomic E-state index is 0.580. The quantitative estimate of drug-likeness (QED) is 0.757. The van der Waals surface area contributed by atoms with Crippen molar-refractivity contribution in [2.75, 3.05) is 5.32 Å². The molecule has 19 heavy (non-hydrogen) atoms. The van der Waals surface area contributed by atoms with E-state index in [1.54, 1.807) is 18.2 Å². The minimum Gasteiger partial charge on any atom is -0.340 e. The third kappa shape index (κ3) is 4.34. The first kappa shape index (κ1) is 14.6. The van der Waals surface area contributed by atoms with Crippen molar-refractivity contribution >= 4 is 50.6 Å². The molecule has 1 aromatic carbocycles. The summed E-state index contributed by atoms with van der Waals surface area (Å²) in [5.41, 5.74) is 0.797. The van der Waals surface area contributed by atoms with Gasteiger partial charge in [-0.3, -0.25) is 0 Å². The van der Waals surface area contributed by atoms with Crippen molar-refractivity contribution < 1.29 is 0 Å². The van der Waals surface area contributed by atoms with Crippen LogP contribution < -0.4 is 5.32 Å². The van der Waals surface area contributed by atoms with E-state index in [-0.39, 0.29) is 0 Å². The summed E-state index contributed by atoms with van der Waals surface area (Å²) in [4.78, 5) is 8.75. The Morgan fingerprint density at radius 2 is 1.79 bits per heavy atom. The van der Waals surface area contributed by atoms with Gasteiger partial charge in [-0.05, 0) is 40.5 Å². The molecule has 0 radical (unpaired) electrons. The van der Waals surface area contributed by atoms with Crippen molar-refractivity contribution in [2.24, 2.45) is 0 Å². The Morgan fingerprint density at radius 1 is 1.11 bits per heavy atom. The van der Waals surface area contributed by atoms with Gasteiger partial charge >= 0.3 is 0 Å². The van der Waals surface area contributed by atoms with Gasteiger partial charge in [-0.25, -0.2) is 9.97 Å². The number of nitrogens with one attached hydrogen (secondary N) is 1. The molecule has 3 nitrogen and oxygen atoms in total. The Labute approximate surface area is 130 Å². The van der Waals surface area contributed by atoms with E-state index in [1.807, 2.05) is 6.07 Å². The summed E-state index contributed by atoms with van der Waals surface area (Å²) in [5, 5.41) is 4.34. The molecule has 6 heteroatoms. The zero-order valence-electron chi connectivity index (χ0n) is 10.3. The number of halogens is 3. The average molecular weight is 361 g/mol. The molecule has 0 fully saturated rings. The van der Waals surface area contributed by atoms with Crippen molar-refractivity contribution in [1.82, 2.24) is 9.97 Å². The topological polar surface area (TPSA) is 37.8 Å². The number of hydrogen-bond donors (Lipinski definition) is 1. The van der Waals surface area contributed by atoms with E-state index in [9.17, 15) is 0 Å². The van der Waals surface area contributed by atoms with Crippen molar-refractivity contribution in [3.63, 3.8) is 0 Å². The first-order chi connectivity index (χ1) is 9.06. The summed E-state index contributed by atoms with van der Waals surface area (Å²) in [7, 11) is 0. The smallest absolute Gasteiger partial charge is 0.135 e. The fraction of sp³-hybridized carbons (Fsp3) is 0.231. The zero-order valence-corrected chi connectivity index (χ0v) is 13.3. The van der Waals surface area contributed by atoms with Crippen LogP contribution in [-0.2, 0) is 6.42 Å². The molecule has 0 saturated carbocycles. The highest BCUT2D eigenvalue weighted by molar-refractivity contribution is 9.10. The monoisotopic (exact) mass is 359 g/mol. The maximum absolute atomic E-state index is 5.96. The van der Waals surface area contributed by atoms with Crippen LogP contribution in [0.4, 0.5) is 11.5 Å². The molecular formula is C13H12BrCl2N3. The summed E-state index contributed by atoms with van der Waals surface area (Å²) in [5.74, 6) is 1.51. The molecule has 1 N–H and O–H groups in total. The van der Waals surface area contributed by atoms with E-state index in [0.29, 0.717) is 15.9 Å². The lowest BCUT2D eigenvalue weighted by Crippen LogP contribution is -2.00. The average Bonchev–Trinajstić information content (AvgIpc) is 2.26. The van der Waals surface area contributed by atoms with Crippen LogP contribution in [0.1, 0.15) is 19.2 Å². The maximum Gasteiger partial charge on any atom is 0.135 e. The van der Waals surface area contributed by atoms with Crippen LogP contribution in [0.2, 0.25) is 10.0 Å². The number of benzene rings is 1. The van der Waals surface area contributed by atoms with Crippen LogP contribution in [0.3, 0.4) is 0 Å². The first-order valence-electron chi connectivity index (χ1n) is 5.83. The second kappa shape index (κ2) is 6.55. The SMILES string of the molecule is CCCc1nc(Br)cc(Nc2cc(Cl)cc(Cl)c2)n1.